The first kappa shape index (κ1) is 16.8. The lowest BCUT2D eigenvalue weighted by atomic mass is 10.1. The van der Waals surface area contributed by atoms with Crippen LogP contribution in [-0.2, 0) is 10.0 Å². The molecule has 0 saturated carbocycles. The third kappa shape index (κ3) is 3.28. The van der Waals surface area contributed by atoms with Crippen molar-refractivity contribution in [1.29, 1.82) is 0 Å². The number of halogens is 2. The molecule has 2 N–H and O–H groups in total. The first-order chi connectivity index (χ1) is 9.77. The fourth-order valence-electron chi connectivity index (χ4n) is 2.25. The highest BCUT2D eigenvalue weighted by molar-refractivity contribution is 7.89. The number of rotatable bonds is 3. The van der Waals surface area contributed by atoms with E-state index in [4.69, 9.17) is 27.9 Å². The second kappa shape index (κ2) is 6.28. The molecule has 0 radical (unpaired) electrons. The van der Waals surface area contributed by atoms with E-state index < -0.39 is 22.2 Å². The molecule has 1 aliphatic heterocycles. The molecule has 0 unspecified atom stereocenters. The standard InChI is InChI=1S/C12H15Cl2NO5S/c1-20-12-10(3-2-9(13)11(12)14)21(18,19)15-5-7(16)4-8(17)6-15/h2-3,7-8,16-17H,4-6H2,1H3/t7-,8-/m1/s1. The highest BCUT2D eigenvalue weighted by atomic mass is 35.5. The maximum atomic E-state index is 12.6. The monoisotopic (exact) mass is 355 g/mol. The summed E-state index contributed by atoms with van der Waals surface area (Å²) in [6, 6.07) is 2.64. The Morgan fingerprint density at radius 1 is 1.24 bits per heavy atom. The molecule has 2 rings (SSSR count). The molecule has 2 atom stereocenters. The third-order valence-electron chi connectivity index (χ3n) is 3.21. The van der Waals surface area contributed by atoms with Crippen LogP contribution in [0.1, 0.15) is 6.42 Å². The Hall–Kier alpha value is -0.570. The number of benzene rings is 1. The summed E-state index contributed by atoms with van der Waals surface area (Å²) in [5.41, 5.74) is 0. The van der Waals surface area contributed by atoms with E-state index in [2.05, 4.69) is 0 Å². The summed E-state index contributed by atoms with van der Waals surface area (Å²) in [5.74, 6) is -0.0567. The van der Waals surface area contributed by atoms with E-state index in [1.54, 1.807) is 0 Å². The van der Waals surface area contributed by atoms with Crippen LogP contribution in [0.3, 0.4) is 0 Å². The van der Waals surface area contributed by atoms with Crippen LogP contribution in [0.25, 0.3) is 0 Å². The molecule has 0 bridgehead atoms. The number of hydrogen-bond donors (Lipinski definition) is 2. The quantitative estimate of drug-likeness (QED) is 0.848. The number of sulfonamides is 1. The van der Waals surface area contributed by atoms with Gasteiger partial charge in [-0.25, -0.2) is 8.42 Å². The molecular weight excluding hydrogens is 341 g/mol. The Kier molecular flexibility index (Phi) is 5.02. The molecule has 6 nitrogen and oxygen atoms in total. The van der Waals surface area contributed by atoms with Crippen LogP contribution in [-0.4, -0.2) is 55.3 Å². The van der Waals surface area contributed by atoms with Gasteiger partial charge in [0.15, 0.2) is 5.75 Å². The molecule has 1 aromatic rings. The van der Waals surface area contributed by atoms with Gasteiger partial charge in [-0.05, 0) is 12.1 Å². The number of aliphatic hydroxyl groups excluding tert-OH is 2. The average molecular weight is 356 g/mol. The molecule has 1 aliphatic rings. The summed E-state index contributed by atoms with van der Waals surface area (Å²) in [6.07, 6.45) is -1.69. The number of hydrogen-bond acceptors (Lipinski definition) is 5. The van der Waals surface area contributed by atoms with Crippen molar-refractivity contribution in [3.8, 4) is 5.75 Å². The van der Waals surface area contributed by atoms with Crippen molar-refractivity contribution in [2.24, 2.45) is 0 Å². The first-order valence-corrected chi connectivity index (χ1v) is 8.35. The van der Waals surface area contributed by atoms with Crippen molar-refractivity contribution >= 4 is 33.2 Å². The van der Waals surface area contributed by atoms with Crippen molar-refractivity contribution in [2.45, 2.75) is 23.5 Å². The summed E-state index contributed by atoms with van der Waals surface area (Å²) in [6.45, 7) is -0.189. The van der Waals surface area contributed by atoms with Crippen molar-refractivity contribution in [1.82, 2.24) is 4.31 Å². The van der Waals surface area contributed by atoms with E-state index in [0.717, 1.165) is 4.31 Å². The average Bonchev–Trinajstić information content (AvgIpc) is 2.40. The van der Waals surface area contributed by atoms with E-state index in [-0.39, 0.29) is 40.2 Å². The zero-order chi connectivity index (χ0) is 15.8. The summed E-state index contributed by atoms with van der Waals surface area (Å²) in [7, 11) is -2.68. The second-order valence-electron chi connectivity index (χ2n) is 4.76. The Bertz CT molecular complexity index is 627. The number of aliphatic hydroxyl groups is 2. The van der Waals surface area contributed by atoms with Gasteiger partial charge in [-0.15, -0.1) is 0 Å². The summed E-state index contributed by atoms with van der Waals surface area (Å²) < 4.78 is 31.3. The molecular formula is C12H15Cl2NO5S. The number of β-amino-alcohol motifs (C(OH)–C–C–N with tert-alkyl or cyclic N) is 2. The molecule has 1 saturated heterocycles. The van der Waals surface area contributed by atoms with E-state index in [1.807, 2.05) is 0 Å². The van der Waals surface area contributed by atoms with Crippen molar-refractivity contribution in [3.63, 3.8) is 0 Å². The van der Waals surface area contributed by atoms with Gasteiger partial charge in [0.1, 0.15) is 9.92 Å². The minimum absolute atomic E-state index is 0.00153. The minimum atomic E-state index is -3.96. The van der Waals surface area contributed by atoms with Crippen LogP contribution in [0, 0.1) is 0 Å². The van der Waals surface area contributed by atoms with Crippen LogP contribution < -0.4 is 4.74 Å². The largest absolute Gasteiger partial charge is 0.494 e. The SMILES string of the molecule is COc1c(S(=O)(=O)N2C[C@H](O)C[C@@H](O)C2)ccc(Cl)c1Cl. The molecule has 0 aliphatic carbocycles. The third-order valence-corrected chi connectivity index (χ3v) is 5.85. The number of piperidine rings is 1. The maximum Gasteiger partial charge on any atom is 0.246 e. The number of methoxy groups -OCH3 is 1. The van der Waals surface area contributed by atoms with Gasteiger partial charge in [0.25, 0.3) is 0 Å². The van der Waals surface area contributed by atoms with E-state index in [0.29, 0.717) is 0 Å². The predicted octanol–water partition coefficient (Wildman–Crippen LogP) is 1.12. The van der Waals surface area contributed by atoms with Gasteiger partial charge in [0.05, 0.1) is 24.3 Å². The van der Waals surface area contributed by atoms with Gasteiger partial charge in [-0.2, -0.15) is 4.31 Å². The van der Waals surface area contributed by atoms with Gasteiger partial charge >= 0.3 is 0 Å². The van der Waals surface area contributed by atoms with Crippen LogP contribution in [0.4, 0.5) is 0 Å². The molecule has 0 aromatic heterocycles. The predicted molar refractivity (Wildman–Crippen MR) is 78.4 cm³/mol. The lowest BCUT2D eigenvalue weighted by molar-refractivity contribution is 0.0213. The summed E-state index contributed by atoms with van der Waals surface area (Å²) >= 11 is 11.8. The normalized spacial score (nSPS) is 24.0. The van der Waals surface area contributed by atoms with E-state index >= 15 is 0 Å². The van der Waals surface area contributed by atoms with E-state index in [9.17, 15) is 18.6 Å². The lowest BCUT2D eigenvalue weighted by Gasteiger charge is -2.32. The Morgan fingerprint density at radius 3 is 2.33 bits per heavy atom. The molecule has 1 heterocycles. The zero-order valence-electron chi connectivity index (χ0n) is 11.2. The summed E-state index contributed by atoms with van der Waals surface area (Å²) in [5, 5.41) is 19.5. The van der Waals surface area contributed by atoms with Crippen molar-refractivity contribution in [3.05, 3.63) is 22.2 Å². The van der Waals surface area contributed by atoms with Crippen LogP contribution >= 0.6 is 23.2 Å². The number of ether oxygens (including phenoxy) is 1. The Morgan fingerprint density at radius 2 is 1.81 bits per heavy atom. The Labute approximate surface area is 132 Å². The smallest absolute Gasteiger partial charge is 0.246 e. The minimum Gasteiger partial charge on any atom is -0.494 e. The van der Waals surface area contributed by atoms with Crippen LogP contribution in [0.15, 0.2) is 17.0 Å². The van der Waals surface area contributed by atoms with Gasteiger partial charge in [-0.1, -0.05) is 23.2 Å². The lowest BCUT2D eigenvalue weighted by Crippen LogP contribution is -2.48. The zero-order valence-corrected chi connectivity index (χ0v) is 13.5. The highest BCUT2D eigenvalue weighted by Crippen LogP contribution is 2.38. The van der Waals surface area contributed by atoms with Crippen LogP contribution in [0.5, 0.6) is 5.75 Å². The van der Waals surface area contributed by atoms with Crippen molar-refractivity contribution < 1.29 is 23.4 Å². The molecule has 1 aromatic carbocycles. The molecule has 21 heavy (non-hydrogen) atoms. The first-order valence-electron chi connectivity index (χ1n) is 6.15. The second-order valence-corrected chi connectivity index (χ2v) is 7.45. The number of nitrogens with zero attached hydrogens (tertiary/aromatic N) is 1. The van der Waals surface area contributed by atoms with Gasteiger partial charge in [-0.3, -0.25) is 0 Å². The summed E-state index contributed by atoms with van der Waals surface area (Å²) in [4.78, 5) is -0.152. The fourth-order valence-corrected chi connectivity index (χ4v) is 4.37. The highest BCUT2D eigenvalue weighted by Gasteiger charge is 2.35. The molecule has 0 spiro atoms. The fraction of sp³-hybridized carbons (Fsp3) is 0.500. The van der Waals surface area contributed by atoms with Crippen LogP contribution in [0.2, 0.25) is 10.0 Å². The molecule has 1 fully saturated rings. The van der Waals surface area contributed by atoms with Gasteiger partial charge in [0.2, 0.25) is 10.0 Å². The molecule has 118 valence electrons. The molecule has 9 heteroatoms. The van der Waals surface area contributed by atoms with Gasteiger partial charge < -0.3 is 14.9 Å². The van der Waals surface area contributed by atoms with Crippen molar-refractivity contribution in [2.75, 3.05) is 20.2 Å². The van der Waals surface area contributed by atoms with Gasteiger partial charge in [0, 0.05) is 19.5 Å². The van der Waals surface area contributed by atoms with E-state index in [1.165, 1.54) is 19.2 Å². The maximum absolute atomic E-state index is 12.6. The topological polar surface area (TPSA) is 87.1 Å². The molecule has 0 amide bonds. The Balaban J connectivity index is 2.47.